The number of carbonyl (C=O) groups excluding carboxylic acids is 1. The Kier molecular flexibility index (Phi) is 3.38. The van der Waals surface area contributed by atoms with Gasteiger partial charge in [-0.05, 0) is 35.0 Å². The third kappa shape index (κ3) is 1.91. The maximum atomic E-state index is 12.0. The van der Waals surface area contributed by atoms with Crippen molar-refractivity contribution in [2.75, 3.05) is 0 Å². The number of benzene rings is 1. The fourth-order valence-electron chi connectivity index (χ4n) is 1.92. The molecule has 18 heavy (non-hydrogen) atoms. The quantitative estimate of drug-likeness (QED) is 0.627. The average molecular weight is 332 g/mol. The largest absolute Gasteiger partial charge is 0.328 e. The molecule has 1 atom stereocenters. The van der Waals surface area contributed by atoms with Crippen LogP contribution in [0.15, 0.2) is 21.4 Å². The van der Waals surface area contributed by atoms with Gasteiger partial charge in [-0.3, -0.25) is 13.9 Å². The summed E-state index contributed by atoms with van der Waals surface area (Å²) >= 11 is 9.17. The topological polar surface area (TPSA) is 44.0 Å². The molecule has 0 saturated carbocycles. The van der Waals surface area contributed by atoms with Crippen molar-refractivity contribution in [2.45, 2.75) is 12.3 Å². The molecule has 0 aliphatic heterocycles. The minimum Gasteiger partial charge on any atom is -0.295 e. The summed E-state index contributed by atoms with van der Waals surface area (Å²) in [5, 5.41) is -0.598. The van der Waals surface area contributed by atoms with Gasteiger partial charge in [-0.2, -0.15) is 0 Å². The van der Waals surface area contributed by atoms with E-state index in [4.69, 9.17) is 11.6 Å². The number of alkyl halides is 1. The first kappa shape index (κ1) is 13.4. The molecule has 0 bridgehead atoms. The van der Waals surface area contributed by atoms with Gasteiger partial charge in [0.1, 0.15) is 0 Å². The predicted molar refractivity (Wildman–Crippen MR) is 75.5 cm³/mol. The molecule has 0 saturated heterocycles. The molecule has 0 fully saturated rings. The zero-order chi connectivity index (χ0) is 13.6. The molecule has 0 aliphatic carbocycles. The van der Waals surface area contributed by atoms with Crippen LogP contribution in [0.25, 0.3) is 11.0 Å². The summed E-state index contributed by atoms with van der Waals surface area (Å²) in [6.07, 6.45) is 0. The van der Waals surface area contributed by atoms with Gasteiger partial charge >= 0.3 is 5.69 Å². The van der Waals surface area contributed by atoms with Crippen LogP contribution in [-0.2, 0) is 14.1 Å². The van der Waals surface area contributed by atoms with Crippen LogP contribution in [0.1, 0.15) is 17.3 Å². The maximum absolute atomic E-state index is 12.0. The highest BCUT2D eigenvalue weighted by molar-refractivity contribution is 9.10. The summed E-state index contributed by atoms with van der Waals surface area (Å²) in [6.45, 7) is 1.63. The first-order chi connectivity index (χ1) is 8.34. The molecule has 1 unspecified atom stereocenters. The van der Waals surface area contributed by atoms with E-state index in [0.717, 1.165) is 5.52 Å². The Balaban J connectivity index is 2.81. The molecule has 0 spiro atoms. The van der Waals surface area contributed by atoms with Crippen molar-refractivity contribution in [3.63, 3.8) is 0 Å². The Bertz CT molecular complexity index is 700. The molecule has 1 aromatic carbocycles. The van der Waals surface area contributed by atoms with Crippen LogP contribution in [0.4, 0.5) is 0 Å². The molecule has 0 amide bonds. The van der Waals surface area contributed by atoms with Gasteiger partial charge in [-0.1, -0.05) is 0 Å². The number of imidazole rings is 1. The number of aromatic nitrogens is 2. The number of Topliss-reactive ketones (excluding diaryl/α,β-unsaturated/α-hetero) is 1. The fraction of sp³-hybridized carbons (Fsp3) is 0.333. The Morgan fingerprint density at radius 1 is 1.28 bits per heavy atom. The van der Waals surface area contributed by atoms with Crippen LogP contribution in [0.5, 0.6) is 0 Å². The van der Waals surface area contributed by atoms with Gasteiger partial charge in [0.25, 0.3) is 0 Å². The van der Waals surface area contributed by atoms with Crippen LogP contribution in [0.2, 0.25) is 0 Å². The molecule has 6 heteroatoms. The molecule has 96 valence electrons. The van der Waals surface area contributed by atoms with Gasteiger partial charge < -0.3 is 0 Å². The monoisotopic (exact) mass is 330 g/mol. The van der Waals surface area contributed by atoms with Crippen molar-refractivity contribution in [3.8, 4) is 0 Å². The molecular formula is C12H12BrClN2O2. The summed E-state index contributed by atoms with van der Waals surface area (Å²) < 4.78 is 3.70. The molecule has 2 aromatic rings. The second-order valence-electron chi connectivity index (χ2n) is 4.20. The van der Waals surface area contributed by atoms with Crippen molar-refractivity contribution in [2.24, 2.45) is 14.1 Å². The minimum absolute atomic E-state index is 0.125. The summed E-state index contributed by atoms with van der Waals surface area (Å²) in [6, 6.07) is 3.46. The van der Waals surface area contributed by atoms with Crippen LogP contribution < -0.4 is 5.69 Å². The van der Waals surface area contributed by atoms with Crippen LogP contribution >= 0.6 is 27.5 Å². The van der Waals surface area contributed by atoms with E-state index >= 15 is 0 Å². The number of hydrogen-bond acceptors (Lipinski definition) is 2. The summed E-state index contributed by atoms with van der Waals surface area (Å²) in [5.41, 5.74) is 1.85. The molecule has 0 radical (unpaired) electrons. The van der Waals surface area contributed by atoms with E-state index in [1.165, 1.54) is 4.57 Å². The minimum atomic E-state index is -0.598. The lowest BCUT2D eigenvalue weighted by Gasteiger charge is -2.06. The molecular weight excluding hydrogens is 320 g/mol. The van der Waals surface area contributed by atoms with E-state index in [9.17, 15) is 9.59 Å². The normalized spacial score (nSPS) is 12.9. The van der Waals surface area contributed by atoms with Crippen molar-refractivity contribution in [1.29, 1.82) is 0 Å². The molecule has 0 N–H and O–H groups in total. The van der Waals surface area contributed by atoms with Gasteiger partial charge in [-0.25, -0.2) is 4.79 Å². The van der Waals surface area contributed by atoms with E-state index in [2.05, 4.69) is 15.9 Å². The maximum Gasteiger partial charge on any atom is 0.328 e. The SMILES string of the molecule is CC(Cl)C(=O)c1cc2c(cc1Br)n(C)c(=O)n2C. The van der Waals surface area contributed by atoms with Crippen molar-refractivity contribution in [3.05, 3.63) is 32.7 Å². The average Bonchev–Trinajstić information content (AvgIpc) is 2.53. The molecule has 2 rings (SSSR count). The Hall–Kier alpha value is -1.07. The Labute approximate surface area is 117 Å². The van der Waals surface area contributed by atoms with Gasteiger partial charge in [0.2, 0.25) is 0 Å². The van der Waals surface area contributed by atoms with E-state index in [1.54, 1.807) is 37.7 Å². The van der Waals surface area contributed by atoms with Crippen molar-refractivity contribution >= 4 is 44.3 Å². The number of hydrogen-bond donors (Lipinski definition) is 0. The van der Waals surface area contributed by atoms with Gasteiger partial charge in [-0.15, -0.1) is 11.6 Å². The highest BCUT2D eigenvalue weighted by atomic mass is 79.9. The molecule has 4 nitrogen and oxygen atoms in total. The number of halogens is 2. The van der Waals surface area contributed by atoms with Crippen molar-refractivity contribution < 1.29 is 4.79 Å². The van der Waals surface area contributed by atoms with E-state index in [1.807, 2.05) is 0 Å². The van der Waals surface area contributed by atoms with Gasteiger partial charge in [0.05, 0.1) is 16.4 Å². The lowest BCUT2D eigenvalue weighted by molar-refractivity contribution is 0.0991. The Morgan fingerprint density at radius 3 is 2.28 bits per heavy atom. The third-order valence-corrected chi connectivity index (χ3v) is 3.84. The van der Waals surface area contributed by atoms with E-state index < -0.39 is 5.38 Å². The molecule has 1 aromatic heterocycles. The summed E-state index contributed by atoms with van der Waals surface area (Å²) in [5.74, 6) is -0.165. The zero-order valence-electron chi connectivity index (χ0n) is 10.2. The second kappa shape index (κ2) is 4.55. The summed E-state index contributed by atoms with van der Waals surface area (Å²) in [7, 11) is 3.37. The van der Waals surface area contributed by atoms with E-state index in [-0.39, 0.29) is 11.5 Å². The van der Waals surface area contributed by atoms with Crippen LogP contribution in [0, 0.1) is 0 Å². The standard InChI is InChI=1S/C12H12BrClN2O2/c1-6(14)11(17)7-4-9-10(5-8(7)13)16(3)12(18)15(9)2/h4-6H,1-3H3. The number of nitrogens with zero attached hydrogens (tertiary/aromatic N) is 2. The number of fused-ring (bicyclic) bond motifs is 1. The fourth-order valence-corrected chi connectivity index (χ4v) is 2.57. The highest BCUT2D eigenvalue weighted by Gasteiger charge is 2.18. The first-order valence-corrected chi connectivity index (χ1v) is 6.60. The van der Waals surface area contributed by atoms with Gasteiger partial charge in [0, 0.05) is 24.1 Å². The predicted octanol–water partition coefficient (Wildman–Crippen LogP) is 2.45. The van der Waals surface area contributed by atoms with E-state index in [0.29, 0.717) is 15.6 Å². The highest BCUT2D eigenvalue weighted by Crippen LogP contribution is 2.25. The smallest absolute Gasteiger partial charge is 0.295 e. The van der Waals surface area contributed by atoms with Gasteiger partial charge in [0.15, 0.2) is 5.78 Å². The molecule has 0 aliphatic rings. The third-order valence-electron chi connectivity index (χ3n) is 2.99. The Morgan fingerprint density at radius 2 is 1.78 bits per heavy atom. The number of carbonyl (C=O) groups is 1. The first-order valence-electron chi connectivity index (χ1n) is 5.38. The number of aryl methyl sites for hydroxylation is 2. The second-order valence-corrected chi connectivity index (χ2v) is 5.71. The lowest BCUT2D eigenvalue weighted by atomic mass is 10.1. The van der Waals surface area contributed by atoms with Crippen molar-refractivity contribution in [1.82, 2.24) is 9.13 Å². The van der Waals surface area contributed by atoms with Crippen LogP contribution in [-0.4, -0.2) is 20.3 Å². The number of ketones is 1. The zero-order valence-corrected chi connectivity index (χ0v) is 12.5. The molecule has 1 heterocycles. The lowest BCUT2D eigenvalue weighted by Crippen LogP contribution is -2.19. The summed E-state index contributed by atoms with van der Waals surface area (Å²) in [4.78, 5) is 23.8. The number of rotatable bonds is 2. The van der Waals surface area contributed by atoms with Crippen LogP contribution in [0.3, 0.4) is 0 Å².